The van der Waals surface area contributed by atoms with E-state index in [1.165, 1.54) is 5.56 Å². The van der Waals surface area contributed by atoms with Crippen molar-refractivity contribution >= 4 is 12.4 Å². The van der Waals surface area contributed by atoms with Crippen LogP contribution in [-0.4, -0.2) is 34.7 Å². The van der Waals surface area contributed by atoms with Crippen molar-refractivity contribution in [1.29, 1.82) is 0 Å². The fraction of sp³-hybridized carbons (Fsp3) is 0.529. The molecular formula is C17H27ClN4O. The van der Waals surface area contributed by atoms with E-state index in [9.17, 15) is 0 Å². The third kappa shape index (κ3) is 7.12. The van der Waals surface area contributed by atoms with Gasteiger partial charge in [0.1, 0.15) is 0 Å². The maximum atomic E-state index is 5.71. The van der Waals surface area contributed by atoms with Crippen molar-refractivity contribution < 1.29 is 4.52 Å². The Balaban J connectivity index is 0.00000264. The zero-order valence-electron chi connectivity index (χ0n) is 13.9. The van der Waals surface area contributed by atoms with Crippen LogP contribution < -0.4 is 5.73 Å². The van der Waals surface area contributed by atoms with Gasteiger partial charge in [-0.1, -0.05) is 49.3 Å². The number of nitrogens with two attached hydrogens (primary N) is 1. The van der Waals surface area contributed by atoms with Crippen LogP contribution in [0.1, 0.15) is 31.1 Å². The molecule has 1 aromatic heterocycles. The van der Waals surface area contributed by atoms with Crippen LogP contribution in [0, 0.1) is 5.92 Å². The molecule has 0 unspecified atom stereocenters. The Hall–Kier alpha value is -1.43. The van der Waals surface area contributed by atoms with E-state index >= 15 is 0 Å². The first-order valence-corrected chi connectivity index (χ1v) is 7.95. The standard InChI is InChI=1S/C17H26N4O.ClH/c1-14(2)12-16-19-17(22-20-16)13-21(11-9-18)10-8-15-6-4-3-5-7-15;/h3-7,14H,8-13,18H2,1-2H3;1H. The molecule has 0 bridgehead atoms. The highest BCUT2D eigenvalue weighted by molar-refractivity contribution is 5.85. The molecule has 128 valence electrons. The molecule has 0 saturated carbocycles. The van der Waals surface area contributed by atoms with Crippen LogP contribution in [0.5, 0.6) is 0 Å². The van der Waals surface area contributed by atoms with Gasteiger partial charge in [-0.05, 0) is 17.9 Å². The molecule has 5 nitrogen and oxygen atoms in total. The predicted octanol–water partition coefficient (Wildman–Crippen LogP) is 2.69. The molecule has 1 heterocycles. The maximum Gasteiger partial charge on any atom is 0.240 e. The third-order valence-electron chi connectivity index (χ3n) is 3.46. The van der Waals surface area contributed by atoms with Crippen molar-refractivity contribution in [2.24, 2.45) is 11.7 Å². The Labute approximate surface area is 144 Å². The molecule has 0 radical (unpaired) electrons. The van der Waals surface area contributed by atoms with Gasteiger partial charge in [-0.15, -0.1) is 12.4 Å². The van der Waals surface area contributed by atoms with Gasteiger partial charge >= 0.3 is 0 Å². The maximum absolute atomic E-state index is 5.71. The first-order chi connectivity index (χ1) is 10.7. The molecule has 0 aliphatic rings. The van der Waals surface area contributed by atoms with Crippen LogP contribution >= 0.6 is 12.4 Å². The Morgan fingerprint density at radius 3 is 2.57 bits per heavy atom. The van der Waals surface area contributed by atoms with Crippen LogP contribution in [0.4, 0.5) is 0 Å². The summed E-state index contributed by atoms with van der Waals surface area (Å²) >= 11 is 0. The number of benzene rings is 1. The molecule has 0 atom stereocenters. The van der Waals surface area contributed by atoms with E-state index in [1.807, 2.05) is 6.07 Å². The smallest absolute Gasteiger partial charge is 0.240 e. The normalized spacial score (nSPS) is 11.0. The summed E-state index contributed by atoms with van der Waals surface area (Å²) in [5, 5.41) is 4.04. The largest absolute Gasteiger partial charge is 0.338 e. The molecule has 0 aliphatic carbocycles. The molecule has 2 N–H and O–H groups in total. The average Bonchev–Trinajstić information content (AvgIpc) is 2.92. The molecule has 0 spiro atoms. The summed E-state index contributed by atoms with van der Waals surface area (Å²) in [6.07, 6.45) is 1.85. The fourth-order valence-electron chi connectivity index (χ4n) is 2.38. The Morgan fingerprint density at radius 1 is 1.17 bits per heavy atom. The minimum Gasteiger partial charge on any atom is -0.338 e. The zero-order chi connectivity index (χ0) is 15.8. The lowest BCUT2D eigenvalue weighted by molar-refractivity contribution is 0.233. The van der Waals surface area contributed by atoms with Gasteiger partial charge in [-0.2, -0.15) is 4.98 Å². The number of hydrogen-bond donors (Lipinski definition) is 1. The number of aromatic nitrogens is 2. The lowest BCUT2D eigenvalue weighted by Crippen LogP contribution is -2.31. The third-order valence-corrected chi connectivity index (χ3v) is 3.46. The average molecular weight is 339 g/mol. The van der Waals surface area contributed by atoms with Gasteiger partial charge in [0, 0.05) is 26.1 Å². The second-order valence-electron chi connectivity index (χ2n) is 6.00. The second kappa shape index (κ2) is 10.4. The first-order valence-electron chi connectivity index (χ1n) is 7.95. The van der Waals surface area contributed by atoms with Crippen LogP contribution in [0.15, 0.2) is 34.9 Å². The molecule has 2 aromatic rings. The SMILES string of the molecule is CC(C)Cc1noc(CN(CCN)CCc2ccccc2)n1.Cl. The highest BCUT2D eigenvalue weighted by Gasteiger charge is 2.12. The minimum absolute atomic E-state index is 0. The van der Waals surface area contributed by atoms with E-state index in [0.29, 0.717) is 24.9 Å². The van der Waals surface area contributed by atoms with Gasteiger partial charge in [0.15, 0.2) is 5.82 Å². The topological polar surface area (TPSA) is 68.2 Å². The summed E-state index contributed by atoms with van der Waals surface area (Å²) < 4.78 is 5.35. The van der Waals surface area contributed by atoms with E-state index in [1.54, 1.807) is 0 Å². The van der Waals surface area contributed by atoms with Gasteiger partial charge in [-0.3, -0.25) is 4.90 Å². The van der Waals surface area contributed by atoms with Gasteiger partial charge in [-0.25, -0.2) is 0 Å². The summed E-state index contributed by atoms with van der Waals surface area (Å²) in [7, 11) is 0. The lowest BCUT2D eigenvalue weighted by Gasteiger charge is -2.19. The van der Waals surface area contributed by atoms with Gasteiger partial charge < -0.3 is 10.3 Å². The van der Waals surface area contributed by atoms with Crippen LogP contribution in [-0.2, 0) is 19.4 Å². The molecular weight excluding hydrogens is 312 g/mol. The van der Waals surface area contributed by atoms with Gasteiger partial charge in [0.25, 0.3) is 0 Å². The minimum atomic E-state index is 0. The molecule has 23 heavy (non-hydrogen) atoms. The number of halogens is 1. The summed E-state index contributed by atoms with van der Waals surface area (Å²) in [4.78, 5) is 6.73. The van der Waals surface area contributed by atoms with Gasteiger partial charge in [0.2, 0.25) is 5.89 Å². The van der Waals surface area contributed by atoms with Crippen molar-refractivity contribution in [3.63, 3.8) is 0 Å². The zero-order valence-corrected chi connectivity index (χ0v) is 14.8. The summed E-state index contributed by atoms with van der Waals surface area (Å²) in [5.74, 6) is 2.00. The van der Waals surface area contributed by atoms with Crippen molar-refractivity contribution in [2.75, 3.05) is 19.6 Å². The number of nitrogens with zero attached hydrogens (tertiary/aromatic N) is 3. The second-order valence-corrected chi connectivity index (χ2v) is 6.00. The Morgan fingerprint density at radius 2 is 1.91 bits per heavy atom. The van der Waals surface area contributed by atoms with Crippen LogP contribution in [0.3, 0.4) is 0 Å². The van der Waals surface area contributed by atoms with Gasteiger partial charge in [0.05, 0.1) is 6.54 Å². The molecule has 0 amide bonds. The lowest BCUT2D eigenvalue weighted by atomic mass is 10.1. The predicted molar refractivity (Wildman–Crippen MR) is 94.6 cm³/mol. The van der Waals surface area contributed by atoms with E-state index in [4.69, 9.17) is 10.3 Å². The number of rotatable bonds is 9. The highest BCUT2D eigenvalue weighted by atomic mass is 35.5. The van der Waals surface area contributed by atoms with E-state index < -0.39 is 0 Å². The van der Waals surface area contributed by atoms with Crippen molar-refractivity contribution in [2.45, 2.75) is 33.2 Å². The molecule has 2 rings (SSSR count). The summed E-state index contributed by atoms with van der Waals surface area (Å²) in [5.41, 5.74) is 7.04. The monoisotopic (exact) mass is 338 g/mol. The summed E-state index contributed by atoms with van der Waals surface area (Å²) in [6.45, 7) is 7.35. The van der Waals surface area contributed by atoms with E-state index in [-0.39, 0.29) is 12.4 Å². The molecule has 1 aromatic carbocycles. The first kappa shape index (κ1) is 19.6. The summed E-state index contributed by atoms with van der Waals surface area (Å²) in [6, 6.07) is 10.5. The fourth-order valence-corrected chi connectivity index (χ4v) is 2.38. The van der Waals surface area contributed by atoms with Crippen LogP contribution in [0.2, 0.25) is 0 Å². The van der Waals surface area contributed by atoms with Crippen molar-refractivity contribution in [1.82, 2.24) is 15.0 Å². The molecule has 0 saturated heterocycles. The van der Waals surface area contributed by atoms with Crippen molar-refractivity contribution in [3.8, 4) is 0 Å². The van der Waals surface area contributed by atoms with E-state index in [0.717, 1.165) is 31.8 Å². The Kier molecular flexibility index (Phi) is 8.84. The number of hydrogen-bond acceptors (Lipinski definition) is 5. The molecule has 0 aliphatic heterocycles. The highest BCUT2D eigenvalue weighted by Crippen LogP contribution is 2.08. The van der Waals surface area contributed by atoms with Crippen molar-refractivity contribution in [3.05, 3.63) is 47.6 Å². The quantitative estimate of drug-likeness (QED) is 0.761. The Bertz CT molecular complexity index is 545. The van der Waals surface area contributed by atoms with Crippen LogP contribution in [0.25, 0.3) is 0 Å². The van der Waals surface area contributed by atoms with E-state index in [2.05, 4.69) is 53.2 Å². The molecule has 6 heteroatoms. The molecule has 0 fully saturated rings.